The van der Waals surface area contributed by atoms with Gasteiger partial charge in [-0.05, 0) is 12.0 Å². The van der Waals surface area contributed by atoms with Crippen LogP contribution in [0.2, 0.25) is 0 Å². The molecule has 0 amide bonds. The van der Waals surface area contributed by atoms with E-state index in [-0.39, 0.29) is 11.9 Å². The molecule has 9 heavy (non-hydrogen) atoms. The van der Waals surface area contributed by atoms with Crippen LogP contribution in [0.3, 0.4) is 0 Å². The molecule has 1 fully saturated rings. The van der Waals surface area contributed by atoms with Crippen molar-refractivity contribution in [3.63, 3.8) is 0 Å². The molecule has 1 rings (SSSR count). The van der Waals surface area contributed by atoms with Crippen LogP contribution in [0.25, 0.3) is 0 Å². The van der Waals surface area contributed by atoms with E-state index in [2.05, 4.69) is 6.58 Å². The highest BCUT2D eigenvalue weighted by atomic mass is 16.5. The van der Waals surface area contributed by atoms with Gasteiger partial charge in [-0.25, -0.2) is 0 Å². The zero-order valence-electron chi connectivity index (χ0n) is 5.52. The highest BCUT2D eigenvalue weighted by Crippen LogP contribution is 2.21. The van der Waals surface area contributed by atoms with Crippen LogP contribution >= 0.6 is 0 Å². The molecule has 0 saturated carbocycles. The highest BCUT2D eigenvalue weighted by molar-refractivity contribution is 5.78. The molecule has 0 bridgehead atoms. The van der Waals surface area contributed by atoms with E-state index in [0.29, 0.717) is 6.61 Å². The standard InChI is InChI=1S/C7H10O2/c1-3-6-5(2)4-9-7(6)8/h6H,2-4H2,1H3. The number of rotatable bonds is 1. The van der Waals surface area contributed by atoms with Crippen molar-refractivity contribution in [1.82, 2.24) is 0 Å². The van der Waals surface area contributed by atoms with Crippen molar-refractivity contribution < 1.29 is 9.53 Å². The maximum absolute atomic E-state index is 10.7. The molecule has 0 spiro atoms. The van der Waals surface area contributed by atoms with E-state index in [1.807, 2.05) is 6.92 Å². The summed E-state index contributed by atoms with van der Waals surface area (Å²) < 4.78 is 4.73. The minimum absolute atomic E-state index is 0.0231. The molecular weight excluding hydrogens is 116 g/mol. The van der Waals surface area contributed by atoms with Crippen molar-refractivity contribution in [2.24, 2.45) is 5.92 Å². The Morgan fingerprint density at radius 1 is 1.89 bits per heavy atom. The van der Waals surface area contributed by atoms with E-state index in [1.165, 1.54) is 0 Å². The molecule has 1 aliphatic heterocycles. The Labute approximate surface area is 54.5 Å². The van der Waals surface area contributed by atoms with Gasteiger partial charge in [-0.3, -0.25) is 4.79 Å². The second kappa shape index (κ2) is 2.21. The number of carbonyl (C=O) groups excluding carboxylic acids is 1. The zero-order chi connectivity index (χ0) is 6.85. The monoisotopic (exact) mass is 126 g/mol. The lowest BCUT2D eigenvalue weighted by Crippen LogP contribution is -2.06. The number of ether oxygens (including phenoxy) is 1. The van der Waals surface area contributed by atoms with Crippen LogP contribution in [0, 0.1) is 5.92 Å². The van der Waals surface area contributed by atoms with Crippen molar-refractivity contribution in [3.8, 4) is 0 Å². The van der Waals surface area contributed by atoms with Gasteiger partial charge in [-0.2, -0.15) is 0 Å². The van der Waals surface area contributed by atoms with Crippen molar-refractivity contribution in [2.75, 3.05) is 6.61 Å². The number of carbonyl (C=O) groups is 1. The third-order valence-corrected chi connectivity index (χ3v) is 1.59. The van der Waals surface area contributed by atoms with Crippen LogP contribution in [0.4, 0.5) is 0 Å². The van der Waals surface area contributed by atoms with E-state index < -0.39 is 0 Å². The summed E-state index contributed by atoms with van der Waals surface area (Å²) in [6.45, 7) is 6.10. The zero-order valence-corrected chi connectivity index (χ0v) is 5.52. The van der Waals surface area contributed by atoms with E-state index in [0.717, 1.165) is 12.0 Å². The van der Waals surface area contributed by atoms with E-state index in [4.69, 9.17) is 4.74 Å². The van der Waals surface area contributed by atoms with E-state index in [1.54, 1.807) is 0 Å². The van der Waals surface area contributed by atoms with Gasteiger partial charge in [-0.1, -0.05) is 13.5 Å². The number of esters is 1. The van der Waals surface area contributed by atoms with Crippen molar-refractivity contribution in [3.05, 3.63) is 12.2 Å². The summed E-state index contributed by atoms with van der Waals surface area (Å²) in [7, 11) is 0. The molecular formula is C7H10O2. The Balaban J connectivity index is 2.66. The minimum atomic E-state index is -0.109. The Bertz CT molecular complexity index is 133. The van der Waals surface area contributed by atoms with Gasteiger partial charge in [0.15, 0.2) is 0 Å². The van der Waals surface area contributed by atoms with Gasteiger partial charge in [0.25, 0.3) is 0 Å². The first-order valence-corrected chi connectivity index (χ1v) is 3.10. The Morgan fingerprint density at radius 3 is 2.78 bits per heavy atom. The van der Waals surface area contributed by atoms with Crippen LogP contribution in [0.5, 0.6) is 0 Å². The molecule has 1 heterocycles. The smallest absolute Gasteiger partial charge is 0.313 e. The molecule has 2 heteroatoms. The van der Waals surface area contributed by atoms with Crippen LogP contribution in [0.15, 0.2) is 12.2 Å². The second-order valence-electron chi connectivity index (χ2n) is 2.23. The number of hydrogen-bond acceptors (Lipinski definition) is 2. The lowest BCUT2D eigenvalue weighted by Gasteiger charge is -1.98. The van der Waals surface area contributed by atoms with Crippen LogP contribution in [0.1, 0.15) is 13.3 Å². The minimum Gasteiger partial charge on any atom is -0.461 e. The Morgan fingerprint density at radius 2 is 2.56 bits per heavy atom. The average Bonchev–Trinajstić information content (AvgIpc) is 2.12. The maximum atomic E-state index is 10.7. The van der Waals surface area contributed by atoms with Crippen LogP contribution in [-0.2, 0) is 9.53 Å². The molecule has 0 aromatic rings. The van der Waals surface area contributed by atoms with Gasteiger partial charge in [0.1, 0.15) is 6.61 Å². The third-order valence-electron chi connectivity index (χ3n) is 1.59. The summed E-state index contributed by atoms with van der Waals surface area (Å²) in [6, 6.07) is 0. The SMILES string of the molecule is C=C1COC(=O)C1CC. The van der Waals surface area contributed by atoms with Gasteiger partial charge in [0, 0.05) is 0 Å². The third kappa shape index (κ3) is 0.969. The molecule has 50 valence electrons. The van der Waals surface area contributed by atoms with Gasteiger partial charge in [-0.15, -0.1) is 0 Å². The highest BCUT2D eigenvalue weighted by Gasteiger charge is 2.27. The van der Waals surface area contributed by atoms with Gasteiger partial charge in [0.2, 0.25) is 0 Å². The molecule has 0 aliphatic carbocycles. The van der Waals surface area contributed by atoms with Gasteiger partial charge >= 0.3 is 5.97 Å². The fraction of sp³-hybridized carbons (Fsp3) is 0.571. The summed E-state index contributed by atoms with van der Waals surface area (Å²) in [5.74, 6) is -0.132. The normalized spacial score (nSPS) is 26.6. The molecule has 1 aliphatic rings. The largest absolute Gasteiger partial charge is 0.461 e. The fourth-order valence-electron chi connectivity index (χ4n) is 0.987. The summed E-state index contributed by atoms with van der Waals surface area (Å²) >= 11 is 0. The van der Waals surface area contributed by atoms with Crippen molar-refractivity contribution >= 4 is 5.97 Å². The van der Waals surface area contributed by atoms with Crippen LogP contribution < -0.4 is 0 Å². The van der Waals surface area contributed by atoms with E-state index >= 15 is 0 Å². The predicted octanol–water partition coefficient (Wildman–Crippen LogP) is 1.13. The number of hydrogen-bond donors (Lipinski definition) is 0. The summed E-state index contributed by atoms with van der Waals surface area (Å²) in [5.41, 5.74) is 0.919. The number of cyclic esters (lactones) is 1. The molecule has 1 saturated heterocycles. The summed E-state index contributed by atoms with van der Waals surface area (Å²) in [4.78, 5) is 10.7. The summed E-state index contributed by atoms with van der Waals surface area (Å²) in [6.07, 6.45) is 0.817. The topological polar surface area (TPSA) is 26.3 Å². The second-order valence-corrected chi connectivity index (χ2v) is 2.23. The fourth-order valence-corrected chi connectivity index (χ4v) is 0.987. The van der Waals surface area contributed by atoms with Crippen molar-refractivity contribution in [1.29, 1.82) is 0 Å². The van der Waals surface area contributed by atoms with Gasteiger partial charge < -0.3 is 4.74 Å². The maximum Gasteiger partial charge on any atom is 0.313 e. The van der Waals surface area contributed by atoms with Gasteiger partial charge in [0.05, 0.1) is 5.92 Å². The molecule has 1 atom stereocenters. The molecule has 0 aromatic heterocycles. The van der Waals surface area contributed by atoms with Crippen LogP contribution in [-0.4, -0.2) is 12.6 Å². The first-order chi connectivity index (χ1) is 4.25. The first kappa shape index (κ1) is 6.33. The lowest BCUT2D eigenvalue weighted by molar-refractivity contribution is -0.141. The predicted molar refractivity (Wildman–Crippen MR) is 33.9 cm³/mol. The molecule has 0 radical (unpaired) electrons. The molecule has 1 unspecified atom stereocenters. The summed E-state index contributed by atoms with van der Waals surface area (Å²) in [5, 5.41) is 0. The lowest BCUT2D eigenvalue weighted by atomic mass is 10.0. The first-order valence-electron chi connectivity index (χ1n) is 3.10. The quantitative estimate of drug-likeness (QED) is 0.389. The van der Waals surface area contributed by atoms with E-state index in [9.17, 15) is 4.79 Å². The molecule has 0 aromatic carbocycles. The van der Waals surface area contributed by atoms with Crippen molar-refractivity contribution in [2.45, 2.75) is 13.3 Å². The average molecular weight is 126 g/mol. The molecule has 2 nitrogen and oxygen atoms in total. The Kier molecular flexibility index (Phi) is 1.56. The Hall–Kier alpha value is -0.790. The molecule has 0 N–H and O–H groups in total.